The number of Topliss-reactive ketones (excluding diaryl/α,β-unsaturated/α-hetero) is 1. The molecule has 5 nitrogen and oxygen atoms in total. The number of ether oxygens (including phenoxy) is 3. The molecule has 4 aliphatic carbocycles. The number of hydrogen-bond donors (Lipinski definition) is 0. The van der Waals surface area contributed by atoms with Gasteiger partial charge in [-0.25, -0.2) is 0 Å². The van der Waals surface area contributed by atoms with Crippen molar-refractivity contribution in [3.63, 3.8) is 0 Å². The zero-order valence-corrected chi connectivity index (χ0v) is 22.6. The summed E-state index contributed by atoms with van der Waals surface area (Å²) in [6.07, 6.45) is 13.9. The molecule has 0 spiro atoms. The number of carbonyl (C=O) groups is 2. The van der Waals surface area contributed by atoms with Crippen LogP contribution in [0.2, 0.25) is 0 Å². The molecule has 10 atom stereocenters. The normalized spacial score (nSPS) is 46.3. The molecule has 5 heteroatoms. The number of ketones is 1. The van der Waals surface area contributed by atoms with E-state index in [1.807, 2.05) is 0 Å². The van der Waals surface area contributed by atoms with Gasteiger partial charge in [-0.2, -0.15) is 0 Å². The molecule has 0 N–H and O–H groups in total. The first-order valence-electron chi connectivity index (χ1n) is 14.6. The smallest absolute Gasteiger partial charge is 0.305 e. The van der Waals surface area contributed by atoms with Crippen LogP contribution in [0.1, 0.15) is 104 Å². The lowest BCUT2D eigenvalue weighted by Gasteiger charge is -2.60. The molecule has 35 heavy (non-hydrogen) atoms. The van der Waals surface area contributed by atoms with Crippen molar-refractivity contribution in [2.45, 2.75) is 117 Å². The first-order chi connectivity index (χ1) is 16.8. The van der Waals surface area contributed by atoms with E-state index in [1.54, 1.807) is 0 Å². The van der Waals surface area contributed by atoms with Crippen molar-refractivity contribution in [2.75, 3.05) is 13.7 Å². The Kier molecular flexibility index (Phi) is 7.40. The summed E-state index contributed by atoms with van der Waals surface area (Å²) in [4.78, 5) is 25.6. The Morgan fingerprint density at radius 2 is 1.83 bits per heavy atom. The Bertz CT molecular complexity index is 790. The summed E-state index contributed by atoms with van der Waals surface area (Å²) in [5.74, 6) is 3.30. The number of hydrogen-bond acceptors (Lipinski definition) is 5. The van der Waals surface area contributed by atoms with Gasteiger partial charge in [0.1, 0.15) is 5.78 Å². The zero-order valence-electron chi connectivity index (χ0n) is 22.6. The van der Waals surface area contributed by atoms with Gasteiger partial charge in [0.25, 0.3) is 0 Å². The molecule has 0 amide bonds. The summed E-state index contributed by atoms with van der Waals surface area (Å²) in [6, 6.07) is 0. The molecule has 4 saturated carbocycles. The van der Waals surface area contributed by atoms with E-state index in [9.17, 15) is 9.59 Å². The SMILES string of the molecule is COC(=O)CCC(C)[C@H]1CCC2C3C(=O)C[C@@H]4C[C@H](O[C@@H]5CCCCO5)CC[C@]4(C)C3CC[C@@]21C. The topological polar surface area (TPSA) is 61.8 Å². The third-order valence-electron chi connectivity index (χ3n) is 11.7. The highest BCUT2D eigenvalue weighted by atomic mass is 16.7. The van der Waals surface area contributed by atoms with Gasteiger partial charge in [-0.05, 0) is 111 Å². The fourth-order valence-electron chi connectivity index (χ4n) is 9.67. The number of esters is 1. The summed E-state index contributed by atoms with van der Waals surface area (Å²) >= 11 is 0. The van der Waals surface area contributed by atoms with Crippen molar-refractivity contribution in [2.24, 2.45) is 46.3 Å². The Labute approximate surface area is 212 Å². The molecular formula is C30H48O5. The largest absolute Gasteiger partial charge is 0.469 e. The van der Waals surface area contributed by atoms with Gasteiger partial charge in [0.2, 0.25) is 0 Å². The molecule has 5 fully saturated rings. The van der Waals surface area contributed by atoms with Crippen molar-refractivity contribution < 1.29 is 23.8 Å². The van der Waals surface area contributed by atoms with Gasteiger partial charge in [-0.1, -0.05) is 20.8 Å². The predicted octanol–water partition coefficient (Wildman–Crippen LogP) is 6.33. The number of methoxy groups -OCH3 is 1. The minimum Gasteiger partial charge on any atom is -0.469 e. The molecule has 0 aromatic rings. The number of rotatable bonds is 6. The molecule has 198 valence electrons. The molecule has 1 heterocycles. The highest BCUT2D eigenvalue weighted by Crippen LogP contribution is 2.67. The molecule has 5 aliphatic rings. The molecule has 0 bridgehead atoms. The average molecular weight is 489 g/mol. The Hall–Kier alpha value is -0.940. The fraction of sp³-hybridized carbons (Fsp3) is 0.933. The maximum atomic E-state index is 13.8. The molecule has 0 radical (unpaired) electrons. The summed E-state index contributed by atoms with van der Waals surface area (Å²) < 4.78 is 17.2. The van der Waals surface area contributed by atoms with Crippen molar-refractivity contribution in [3.05, 3.63) is 0 Å². The van der Waals surface area contributed by atoms with Crippen LogP contribution < -0.4 is 0 Å². The van der Waals surface area contributed by atoms with E-state index >= 15 is 0 Å². The third kappa shape index (κ3) is 4.62. The van der Waals surface area contributed by atoms with E-state index in [4.69, 9.17) is 14.2 Å². The summed E-state index contributed by atoms with van der Waals surface area (Å²) in [5.41, 5.74) is 0.496. The average Bonchev–Trinajstić information content (AvgIpc) is 3.21. The Morgan fingerprint density at radius 3 is 2.57 bits per heavy atom. The zero-order chi connectivity index (χ0) is 24.8. The van der Waals surface area contributed by atoms with E-state index in [2.05, 4.69) is 20.8 Å². The van der Waals surface area contributed by atoms with Crippen LogP contribution in [0.3, 0.4) is 0 Å². The third-order valence-corrected chi connectivity index (χ3v) is 11.7. The van der Waals surface area contributed by atoms with E-state index < -0.39 is 0 Å². The lowest BCUT2D eigenvalue weighted by atomic mass is 9.44. The minimum absolute atomic E-state index is 0.0304. The maximum Gasteiger partial charge on any atom is 0.305 e. The number of carbonyl (C=O) groups excluding carboxylic acids is 2. The summed E-state index contributed by atoms with van der Waals surface area (Å²) in [5, 5.41) is 0. The van der Waals surface area contributed by atoms with Gasteiger partial charge < -0.3 is 14.2 Å². The van der Waals surface area contributed by atoms with Crippen LogP contribution in [0.15, 0.2) is 0 Å². The molecule has 5 rings (SSSR count). The van der Waals surface area contributed by atoms with Gasteiger partial charge in [0.05, 0.1) is 13.2 Å². The van der Waals surface area contributed by atoms with Crippen LogP contribution in [-0.2, 0) is 23.8 Å². The van der Waals surface area contributed by atoms with Crippen LogP contribution in [0.25, 0.3) is 0 Å². The van der Waals surface area contributed by atoms with E-state index in [0.29, 0.717) is 41.8 Å². The lowest BCUT2D eigenvalue weighted by molar-refractivity contribution is -0.211. The molecule has 1 aliphatic heterocycles. The van der Waals surface area contributed by atoms with Gasteiger partial charge in [-0.3, -0.25) is 9.59 Å². The maximum absolute atomic E-state index is 13.8. The molecular weight excluding hydrogens is 440 g/mol. The second-order valence-electron chi connectivity index (χ2n) is 13.3. The van der Waals surface area contributed by atoms with Gasteiger partial charge in [-0.15, -0.1) is 0 Å². The van der Waals surface area contributed by atoms with Crippen LogP contribution in [-0.4, -0.2) is 37.9 Å². The monoisotopic (exact) mass is 488 g/mol. The highest BCUT2D eigenvalue weighted by molar-refractivity contribution is 5.83. The Balaban J connectivity index is 1.27. The Morgan fingerprint density at radius 1 is 1.06 bits per heavy atom. The molecule has 1 saturated heterocycles. The second kappa shape index (κ2) is 10.1. The quantitative estimate of drug-likeness (QED) is 0.323. The summed E-state index contributed by atoms with van der Waals surface area (Å²) in [6.45, 7) is 8.15. The standard InChI is InChI=1S/C30H48O5/c1-19(8-11-26(32)33-4)22-9-10-23-28-24(13-15-30(22,23)3)29(2)14-12-21(17-20(29)18-25(28)31)35-27-7-5-6-16-34-27/h19-24,27-28H,5-18H2,1-4H3/t19?,20-,21+,22+,23?,24?,27+,28?,29-,30+/m0/s1. The number of fused-ring (bicyclic) bond motifs is 5. The van der Waals surface area contributed by atoms with E-state index in [0.717, 1.165) is 45.1 Å². The van der Waals surface area contributed by atoms with E-state index in [1.165, 1.54) is 45.6 Å². The first-order valence-corrected chi connectivity index (χ1v) is 14.6. The highest BCUT2D eigenvalue weighted by Gasteiger charge is 2.63. The predicted molar refractivity (Wildman–Crippen MR) is 134 cm³/mol. The van der Waals surface area contributed by atoms with Crippen molar-refractivity contribution in [3.8, 4) is 0 Å². The molecule has 0 aromatic heterocycles. The van der Waals surface area contributed by atoms with Gasteiger partial charge >= 0.3 is 5.97 Å². The van der Waals surface area contributed by atoms with Crippen molar-refractivity contribution in [1.29, 1.82) is 0 Å². The van der Waals surface area contributed by atoms with Crippen LogP contribution >= 0.6 is 0 Å². The lowest BCUT2D eigenvalue weighted by Crippen LogP contribution is -2.57. The summed E-state index contributed by atoms with van der Waals surface area (Å²) in [7, 11) is 1.48. The fourth-order valence-corrected chi connectivity index (χ4v) is 9.67. The van der Waals surface area contributed by atoms with Crippen LogP contribution in [0, 0.1) is 46.3 Å². The van der Waals surface area contributed by atoms with Crippen LogP contribution in [0.4, 0.5) is 0 Å². The van der Waals surface area contributed by atoms with Crippen LogP contribution in [0.5, 0.6) is 0 Å². The first kappa shape index (κ1) is 25.7. The van der Waals surface area contributed by atoms with Gasteiger partial charge in [0, 0.05) is 25.4 Å². The molecule has 4 unspecified atom stereocenters. The van der Waals surface area contributed by atoms with E-state index in [-0.39, 0.29) is 35.1 Å². The van der Waals surface area contributed by atoms with Gasteiger partial charge in [0.15, 0.2) is 6.29 Å². The van der Waals surface area contributed by atoms with Crippen molar-refractivity contribution in [1.82, 2.24) is 0 Å². The molecule has 0 aromatic carbocycles. The second-order valence-corrected chi connectivity index (χ2v) is 13.3. The van der Waals surface area contributed by atoms with Crippen molar-refractivity contribution >= 4 is 11.8 Å². The minimum atomic E-state index is -0.101.